The van der Waals surface area contributed by atoms with E-state index in [1.807, 2.05) is 12.1 Å². The number of hydrogen-bond acceptors (Lipinski definition) is 5. The normalized spacial score (nSPS) is 11.1. The fourth-order valence-electron chi connectivity index (χ4n) is 2.29. The van der Waals surface area contributed by atoms with Crippen LogP contribution in [0.3, 0.4) is 0 Å². The van der Waals surface area contributed by atoms with E-state index in [0.29, 0.717) is 12.0 Å². The minimum absolute atomic E-state index is 0.00346. The fraction of sp³-hybridized carbons (Fsp3) is 0.222. The number of nitrogen functional groups attached to an aromatic ring is 1. The molecule has 0 aliphatic heterocycles. The van der Waals surface area contributed by atoms with Crippen molar-refractivity contribution in [1.29, 1.82) is 5.41 Å². The molecule has 138 valence electrons. The zero-order valence-corrected chi connectivity index (χ0v) is 15.2. The highest BCUT2D eigenvalue weighted by atomic mass is 32.2. The first-order chi connectivity index (χ1) is 12.3. The molecular weight excluding hydrogens is 354 g/mol. The van der Waals surface area contributed by atoms with E-state index in [9.17, 15) is 13.2 Å². The number of methoxy groups -OCH3 is 1. The van der Waals surface area contributed by atoms with Crippen LogP contribution in [-0.2, 0) is 19.6 Å². The van der Waals surface area contributed by atoms with Crippen LogP contribution in [0, 0.1) is 5.41 Å². The molecule has 0 aromatic heterocycles. The van der Waals surface area contributed by atoms with Gasteiger partial charge in [0.05, 0.1) is 12.0 Å². The van der Waals surface area contributed by atoms with Crippen molar-refractivity contribution in [3.05, 3.63) is 54.1 Å². The second-order valence-corrected chi connectivity index (χ2v) is 7.36. The Bertz CT molecular complexity index is 876. The molecule has 0 saturated carbocycles. The lowest BCUT2D eigenvalue weighted by molar-refractivity contribution is -0.140. The van der Waals surface area contributed by atoms with Crippen LogP contribution in [-0.4, -0.2) is 33.9 Å². The van der Waals surface area contributed by atoms with Gasteiger partial charge < -0.3 is 10.5 Å². The third-order valence-electron chi connectivity index (χ3n) is 3.77. The number of amidine groups is 1. The van der Waals surface area contributed by atoms with Gasteiger partial charge >= 0.3 is 5.97 Å². The van der Waals surface area contributed by atoms with Crippen LogP contribution in [0.25, 0.3) is 11.1 Å². The van der Waals surface area contributed by atoms with Gasteiger partial charge in [-0.25, -0.2) is 13.1 Å². The third kappa shape index (κ3) is 5.14. The van der Waals surface area contributed by atoms with Crippen LogP contribution in [0.15, 0.2) is 53.4 Å². The van der Waals surface area contributed by atoms with Gasteiger partial charge in [-0.1, -0.05) is 36.4 Å². The first-order valence-corrected chi connectivity index (χ1v) is 9.43. The summed E-state index contributed by atoms with van der Waals surface area (Å²) < 4.78 is 31.5. The summed E-state index contributed by atoms with van der Waals surface area (Å²) in [6, 6.07) is 13.6. The van der Waals surface area contributed by atoms with E-state index in [0.717, 1.165) is 11.1 Å². The zero-order chi connectivity index (χ0) is 19.2. The number of carbonyl (C=O) groups is 1. The van der Waals surface area contributed by atoms with Crippen molar-refractivity contribution >= 4 is 21.8 Å². The van der Waals surface area contributed by atoms with Crippen molar-refractivity contribution < 1.29 is 17.9 Å². The van der Waals surface area contributed by atoms with Gasteiger partial charge in [0.1, 0.15) is 5.84 Å². The van der Waals surface area contributed by atoms with Gasteiger partial charge in [0.2, 0.25) is 10.0 Å². The Hall–Kier alpha value is -2.71. The SMILES string of the molecule is COC(=O)CCCNS(=O)(=O)c1ccc(-c2ccc(C(=N)N)cc2)cc1. The molecule has 0 aliphatic rings. The van der Waals surface area contributed by atoms with E-state index in [1.54, 1.807) is 24.3 Å². The van der Waals surface area contributed by atoms with E-state index < -0.39 is 10.0 Å². The van der Waals surface area contributed by atoms with Crippen molar-refractivity contribution in [2.75, 3.05) is 13.7 Å². The zero-order valence-electron chi connectivity index (χ0n) is 14.4. The Labute approximate surface area is 152 Å². The highest BCUT2D eigenvalue weighted by Gasteiger charge is 2.13. The standard InChI is InChI=1S/C18H21N3O4S/c1-25-17(22)3-2-12-21-26(23,24)16-10-8-14(9-11-16)13-4-6-15(7-5-13)18(19)20/h4-11,21H,2-3,12H2,1H3,(H3,19,20). The highest BCUT2D eigenvalue weighted by molar-refractivity contribution is 7.89. The number of carbonyl (C=O) groups excluding carboxylic acids is 1. The van der Waals surface area contributed by atoms with Crippen LogP contribution in [0.4, 0.5) is 0 Å². The number of benzene rings is 2. The van der Waals surface area contributed by atoms with E-state index >= 15 is 0 Å². The van der Waals surface area contributed by atoms with Gasteiger partial charge in [0.25, 0.3) is 0 Å². The van der Waals surface area contributed by atoms with Crippen molar-refractivity contribution in [3.63, 3.8) is 0 Å². The molecule has 0 spiro atoms. The van der Waals surface area contributed by atoms with Crippen LogP contribution < -0.4 is 10.5 Å². The summed E-state index contributed by atoms with van der Waals surface area (Å²) in [5, 5.41) is 7.39. The average Bonchev–Trinajstić information content (AvgIpc) is 2.65. The van der Waals surface area contributed by atoms with Gasteiger partial charge in [-0.15, -0.1) is 0 Å². The van der Waals surface area contributed by atoms with Crippen molar-refractivity contribution in [2.45, 2.75) is 17.7 Å². The lowest BCUT2D eigenvalue weighted by Gasteiger charge is -2.08. The predicted molar refractivity (Wildman–Crippen MR) is 99.3 cm³/mol. The lowest BCUT2D eigenvalue weighted by Crippen LogP contribution is -2.25. The number of ether oxygens (including phenoxy) is 1. The average molecular weight is 375 g/mol. The highest BCUT2D eigenvalue weighted by Crippen LogP contribution is 2.21. The number of sulfonamides is 1. The van der Waals surface area contributed by atoms with Crippen molar-refractivity contribution in [3.8, 4) is 11.1 Å². The quantitative estimate of drug-likeness (QED) is 0.281. The Morgan fingerprint density at radius 1 is 1.08 bits per heavy atom. The summed E-state index contributed by atoms with van der Waals surface area (Å²) in [6.45, 7) is 0.158. The molecule has 4 N–H and O–H groups in total. The lowest BCUT2D eigenvalue weighted by atomic mass is 10.0. The van der Waals surface area contributed by atoms with Gasteiger partial charge in [-0.2, -0.15) is 0 Å². The Kier molecular flexibility index (Phi) is 6.48. The summed E-state index contributed by atoms with van der Waals surface area (Å²) >= 11 is 0. The van der Waals surface area contributed by atoms with E-state index in [4.69, 9.17) is 11.1 Å². The summed E-state index contributed by atoms with van der Waals surface area (Å²) in [4.78, 5) is 11.2. The third-order valence-corrected chi connectivity index (χ3v) is 5.25. The molecule has 0 saturated heterocycles. The maximum Gasteiger partial charge on any atom is 0.305 e. The molecule has 0 fully saturated rings. The van der Waals surface area contributed by atoms with Crippen LogP contribution in [0.1, 0.15) is 18.4 Å². The molecule has 0 bridgehead atoms. The summed E-state index contributed by atoms with van der Waals surface area (Å²) in [5.74, 6) is -0.374. The van der Waals surface area contributed by atoms with E-state index in [2.05, 4.69) is 9.46 Å². The minimum Gasteiger partial charge on any atom is -0.469 e. The van der Waals surface area contributed by atoms with Crippen LogP contribution in [0.2, 0.25) is 0 Å². The van der Waals surface area contributed by atoms with Gasteiger partial charge in [-0.05, 0) is 29.7 Å². The number of esters is 1. The Balaban J connectivity index is 2.03. The molecule has 0 atom stereocenters. The largest absolute Gasteiger partial charge is 0.469 e. The molecule has 26 heavy (non-hydrogen) atoms. The van der Waals surface area contributed by atoms with Gasteiger partial charge in [0.15, 0.2) is 0 Å². The molecule has 0 radical (unpaired) electrons. The summed E-state index contributed by atoms with van der Waals surface area (Å²) in [5.41, 5.74) is 7.80. The summed E-state index contributed by atoms with van der Waals surface area (Å²) in [6.07, 6.45) is 0.528. The Morgan fingerprint density at radius 2 is 1.62 bits per heavy atom. The first-order valence-electron chi connectivity index (χ1n) is 7.95. The van der Waals surface area contributed by atoms with Crippen LogP contribution in [0.5, 0.6) is 0 Å². The maximum atomic E-state index is 12.2. The van der Waals surface area contributed by atoms with E-state index in [-0.39, 0.29) is 29.7 Å². The molecule has 7 nitrogen and oxygen atoms in total. The van der Waals surface area contributed by atoms with Crippen molar-refractivity contribution in [1.82, 2.24) is 4.72 Å². The number of nitrogens with one attached hydrogen (secondary N) is 2. The smallest absolute Gasteiger partial charge is 0.305 e. The monoisotopic (exact) mass is 375 g/mol. The molecule has 2 aromatic carbocycles. The number of rotatable bonds is 8. The van der Waals surface area contributed by atoms with Crippen molar-refractivity contribution in [2.24, 2.45) is 5.73 Å². The summed E-state index contributed by atoms with van der Waals surface area (Å²) in [7, 11) is -2.34. The molecule has 2 rings (SSSR count). The molecule has 8 heteroatoms. The topological polar surface area (TPSA) is 122 Å². The van der Waals surface area contributed by atoms with Gasteiger partial charge in [0, 0.05) is 18.5 Å². The number of nitrogens with two attached hydrogens (primary N) is 1. The number of hydrogen-bond donors (Lipinski definition) is 3. The van der Waals surface area contributed by atoms with Gasteiger partial charge in [-0.3, -0.25) is 10.2 Å². The maximum absolute atomic E-state index is 12.2. The van der Waals surface area contributed by atoms with Crippen LogP contribution >= 0.6 is 0 Å². The molecule has 2 aromatic rings. The molecule has 0 unspecified atom stereocenters. The first kappa shape index (κ1) is 19.6. The minimum atomic E-state index is -3.63. The second kappa shape index (κ2) is 8.59. The molecule has 0 aliphatic carbocycles. The van der Waals surface area contributed by atoms with E-state index in [1.165, 1.54) is 19.2 Å². The second-order valence-electron chi connectivity index (χ2n) is 5.59. The molecular formula is C18H21N3O4S. The fourth-order valence-corrected chi connectivity index (χ4v) is 3.37. The molecule has 0 heterocycles. The Morgan fingerprint density at radius 3 is 2.12 bits per heavy atom. The molecule has 0 amide bonds. The predicted octanol–water partition coefficient (Wildman–Crippen LogP) is 1.87.